The van der Waals surface area contributed by atoms with Gasteiger partial charge in [0.25, 0.3) is 10.0 Å². The van der Waals surface area contributed by atoms with Crippen LogP contribution in [0, 0.1) is 0 Å². The van der Waals surface area contributed by atoms with Crippen molar-refractivity contribution in [2.45, 2.75) is 23.8 Å². The monoisotopic (exact) mass is 367 g/mol. The fourth-order valence-corrected chi connectivity index (χ4v) is 3.98. The molecule has 0 amide bonds. The van der Waals surface area contributed by atoms with Gasteiger partial charge in [-0.2, -0.15) is 0 Å². The highest BCUT2D eigenvalue weighted by atomic mass is 35.5. The number of pyridine rings is 1. The molecule has 0 spiro atoms. The Morgan fingerprint density at radius 2 is 2.08 bits per heavy atom. The number of rotatable bonds is 6. The molecule has 1 saturated heterocycles. The molecule has 2 heterocycles. The Morgan fingerprint density at radius 1 is 1.25 bits per heavy atom. The van der Waals surface area contributed by atoms with Gasteiger partial charge in [-0.3, -0.25) is 4.72 Å². The topological polar surface area (TPSA) is 80.3 Å². The summed E-state index contributed by atoms with van der Waals surface area (Å²) in [7, 11) is -3.77. The lowest BCUT2D eigenvalue weighted by atomic mass is 10.2. The smallest absolute Gasteiger partial charge is 0.264 e. The van der Waals surface area contributed by atoms with Gasteiger partial charge in [-0.05, 0) is 37.1 Å². The molecule has 1 aromatic carbocycles. The minimum Gasteiger partial charge on any atom is -0.381 e. The van der Waals surface area contributed by atoms with Crippen LogP contribution in [0.1, 0.15) is 12.8 Å². The third-order valence-electron chi connectivity index (χ3n) is 3.69. The van der Waals surface area contributed by atoms with E-state index in [1.165, 1.54) is 12.1 Å². The van der Waals surface area contributed by atoms with E-state index in [1.807, 2.05) is 0 Å². The number of hydrogen-bond donors (Lipinski definition) is 2. The Morgan fingerprint density at radius 3 is 2.75 bits per heavy atom. The summed E-state index contributed by atoms with van der Waals surface area (Å²) in [4.78, 5) is 4.15. The Bertz CT molecular complexity index is 790. The molecule has 6 nitrogen and oxygen atoms in total. The maximum atomic E-state index is 12.3. The van der Waals surface area contributed by atoms with E-state index in [-0.39, 0.29) is 21.8 Å². The molecule has 1 unspecified atom stereocenters. The predicted molar refractivity (Wildman–Crippen MR) is 94.0 cm³/mol. The maximum Gasteiger partial charge on any atom is 0.264 e. The van der Waals surface area contributed by atoms with Gasteiger partial charge in [0.1, 0.15) is 10.7 Å². The van der Waals surface area contributed by atoms with E-state index in [0.29, 0.717) is 6.54 Å². The van der Waals surface area contributed by atoms with Crippen LogP contribution in [0.4, 0.5) is 11.5 Å². The SMILES string of the molecule is O=S(=O)(Nc1ccc(NCC2CCCO2)cn1)c1ccccc1Cl. The predicted octanol–water partition coefficient (Wildman–Crippen LogP) is 3.13. The van der Waals surface area contributed by atoms with Crippen molar-refractivity contribution < 1.29 is 13.2 Å². The molecule has 3 rings (SSSR count). The van der Waals surface area contributed by atoms with Crippen molar-refractivity contribution in [1.29, 1.82) is 0 Å². The van der Waals surface area contributed by atoms with E-state index in [1.54, 1.807) is 30.5 Å². The molecule has 128 valence electrons. The molecule has 1 aliphatic heterocycles. The standard InChI is InChI=1S/C16H18ClN3O3S/c17-14-5-1-2-6-15(14)24(21,22)20-16-8-7-12(10-19-16)18-11-13-4-3-9-23-13/h1-2,5-8,10,13,18H,3-4,9,11H2,(H,19,20). The quantitative estimate of drug-likeness (QED) is 0.819. The molecule has 0 saturated carbocycles. The van der Waals surface area contributed by atoms with Crippen LogP contribution in [-0.4, -0.2) is 32.7 Å². The highest BCUT2D eigenvalue weighted by Crippen LogP contribution is 2.23. The second-order valence-electron chi connectivity index (χ2n) is 5.48. The number of benzene rings is 1. The number of nitrogens with one attached hydrogen (secondary N) is 2. The molecule has 0 radical (unpaired) electrons. The van der Waals surface area contributed by atoms with Crippen LogP contribution in [0.25, 0.3) is 0 Å². The molecule has 0 aliphatic carbocycles. The first-order chi connectivity index (χ1) is 11.5. The van der Waals surface area contributed by atoms with Crippen molar-refractivity contribution in [3.05, 3.63) is 47.6 Å². The van der Waals surface area contributed by atoms with E-state index in [2.05, 4.69) is 15.0 Å². The molecule has 1 atom stereocenters. The van der Waals surface area contributed by atoms with Gasteiger partial charge in [0, 0.05) is 13.2 Å². The maximum absolute atomic E-state index is 12.3. The van der Waals surface area contributed by atoms with Gasteiger partial charge >= 0.3 is 0 Å². The van der Waals surface area contributed by atoms with E-state index >= 15 is 0 Å². The molecule has 8 heteroatoms. The van der Waals surface area contributed by atoms with E-state index in [9.17, 15) is 8.42 Å². The Kier molecular flexibility index (Phi) is 5.23. The first-order valence-corrected chi connectivity index (χ1v) is 9.49. The summed E-state index contributed by atoms with van der Waals surface area (Å²) in [5.74, 6) is 0.234. The Labute approximate surface area is 146 Å². The molecule has 24 heavy (non-hydrogen) atoms. The van der Waals surface area contributed by atoms with Crippen LogP contribution in [0.2, 0.25) is 5.02 Å². The lowest BCUT2D eigenvalue weighted by Crippen LogP contribution is -2.18. The molecule has 0 bridgehead atoms. The Balaban J connectivity index is 1.64. The lowest BCUT2D eigenvalue weighted by Gasteiger charge is -2.12. The normalized spacial score (nSPS) is 17.6. The molecule has 1 aromatic heterocycles. The number of aromatic nitrogens is 1. The Hall–Kier alpha value is -1.83. The highest BCUT2D eigenvalue weighted by molar-refractivity contribution is 7.92. The summed E-state index contributed by atoms with van der Waals surface area (Å²) in [6, 6.07) is 9.64. The number of nitrogens with zero attached hydrogens (tertiary/aromatic N) is 1. The van der Waals surface area contributed by atoms with Crippen LogP contribution < -0.4 is 10.0 Å². The van der Waals surface area contributed by atoms with Crippen LogP contribution in [0.15, 0.2) is 47.5 Å². The average molecular weight is 368 g/mol. The number of halogens is 1. The third kappa shape index (κ3) is 4.17. The fraction of sp³-hybridized carbons (Fsp3) is 0.312. The van der Waals surface area contributed by atoms with Gasteiger partial charge in [0.2, 0.25) is 0 Å². The molecule has 2 aromatic rings. The second kappa shape index (κ2) is 7.38. The summed E-state index contributed by atoms with van der Waals surface area (Å²) in [5, 5.41) is 3.40. The van der Waals surface area contributed by atoms with E-state index in [0.717, 1.165) is 25.1 Å². The van der Waals surface area contributed by atoms with Crippen molar-refractivity contribution in [1.82, 2.24) is 4.98 Å². The highest BCUT2D eigenvalue weighted by Gasteiger charge is 2.18. The van der Waals surface area contributed by atoms with Gasteiger partial charge in [-0.15, -0.1) is 0 Å². The number of hydrogen-bond acceptors (Lipinski definition) is 5. The zero-order chi connectivity index (χ0) is 17.0. The summed E-state index contributed by atoms with van der Waals surface area (Å²) in [5.41, 5.74) is 0.811. The van der Waals surface area contributed by atoms with Crippen LogP contribution in [-0.2, 0) is 14.8 Å². The summed E-state index contributed by atoms with van der Waals surface area (Å²) in [6.07, 6.45) is 3.95. The van der Waals surface area contributed by atoms with Gasteiger partial charge in [0.05, 0.1) is 23.0 Å². The second-order valence-corrected chi connectivity index (χ2v) is 7.54. The van der Waals surface area contributed by atoms with Crippen molar-refractivity contribution in [2.75, 3.05) is 23.2 Å². The largest absolute Gasteiger partial charge is 0.381 e. The minimum absolute atomic E-state index is 0.0223. The molecule has 1 aliphatic rings. The minimum atomic E-state index is -3.77. The van der Waals surface area contributed by atoms with Crippen molar-refractivity contribution >= 4 is 33.1 Å². The lowest BCUT2D eigenvalue weighted by molar-refractivity contribution is 0.120. The zero-order valence-electron chi connectivity index (χ0n) is 12.9. The zero-order valence-corrected chi connectivity index (χ0v) is 14.5. The summed E-state index contributed by atoms with van der Waals surface area (Å²) < 4.78 is 32.6. The van der Waals surface area contributed by atoms with Gasteiger partial charge in [-0.1, -0.05) is 23.7 Å². The number of sulfonamides is 1. The third-order valence-corrected chi connectivity index (χ3v) is 5.54. The van der Waals surface area contributed by atoms with Gasteiger partial charge in [0.15, 0.2) is 0 Å². The van der Waals surface area contributed by atoms with E-state index < -0.39 is 10.0 Å². The number of anilines is 2. The molecular formula is C16H18ClN3O3S. The van der Waals surface area contributed by atoms with Gasteiger partial charge in [-0.25, -0.2) is 13.4 Å². The molecule has 1 fully saturated rings. The van der Waals surface area contributed by atoms with Gasteiger partial charge < -0.3 is 10.1 Å². The van der Waals surface area contributed by atoms with Crippen LogP contribution in [0.3, 0.4) is 0 Å². The molecule has 2 N–H and O–H groups in total. The number of ether oxygens (including phenoxy) is 1. The summed E-state index contributed by atoms with van der Waals surface area (Å²) in [6.45, 7) is 1.53. The first-order valence-electron chi connectivity index (χ1n) is 7.63. The fourth-order valence-electron chi connectivity index (χ4n) is 2.45. The van der Waals surface area contributed by atoms with Crippen molar-refractivity contribution in [2.24, 2.45) is 0 Å². The van der Waals surface area contributed by atoms with Crippen molar-refractivity contribution in [3.63, 3.8) is 0 Å². The van der Waals surface area contributed by atoms with E-state index in [4.69, 9.17) is 16.3 Å². The van der Waals surface area contributed by atoms with Crippen LogP contribution >= 0.6 is 11.6 Å². The molecular weight excluding hydrogens is 350 g/mol. The average Bonchev–Trinajstić information content (AvgIpc) is 3.07. The van der Waals surface area contributed by atoms with Crippen molar-refractivity contribution in [3.8, 4) is 0 Å². The van der Waals surface area contributed by atoms with Crippen LogP contribution in [0.5, 0.6) is 0 Å². The first kappa shape index (κ1) is 17.0. The summed E-state index contributed by atoms with van der Waals surface area (Å²) >= 11 is 5.94.